The summed E-state index contributed by atoms with van der Waals surface area (Å²) in [5.74, 6) is 0.430. The highest BCUT2D eigenvalue weighted by Crippen LogP contribution is 2.29. The molecule has 0 radical (unpaired) electrons. The molecule has 6 heteroatoms. The Morgan fingerprint density at radius 2 is 1.81 bits per heavy atom. The van der Waals surface area contributed by atoms with E-state index in [0.29, 0.717) is 18.7 Å². The highest BCUT2D eigenvalue weighted by atomic mass is 16.2. The van der Waals surface area contributed by atoms with Crippen molar-refractivity contribution in [2.24, 2.45) is 5.92 Å². The molecule has 116 valence electrons. The van der Waals surface area contributed by atoms with Crippen LogP contribution in [0.25, 0.3) is 0 Å². The maximum Gasteiger partial charge on any atom is 0.242 e. The quantitative estimate of drug-likeness (QED) is 0.779. The van der Waals surface area contributed by atoms with Gasteiger partial charge < -0.3 is 15.5 Å². The monoisotopic (exact) mass is 293 g/mol. The van der Waals surface area contributed by atoms with Gasteiger partial charge in [0.1, 0.15) is 6.04 Å². The van der Waals surface area contributed by atoms with Gasteiger partial charge in [0, 0.05) is 31.5 Å². The molecule has 3 aliphatic rings. The average Bonchev–Trinajstić information content (AvgIpc) is 2.84. The molecule has 3 rings (SSSR count). The molecule has 2 saturated heterocycles. The summed E-state index contributed by atoms with van der Waals surface area (Å²) in [6.07, 6.45) is 5.90. The molecular formula is C15H23N3O3. The number of nitrogens with zero attached hydrogens (tertiary/aromatic N) is 1. The molecule has 2 N–H and O–H groups in total. The molecule has 1 unspecified atom stereocenters. The average molecular weight is 293 g/mol. The number of carbonyl (C=O) groups is 3. The van der Waals surface area contributed by atoms with Crippen molar-refractivity contribution in [2.75, 3.05) is 13.1 Å². The standard InChI is InChI=1S/C15H23N3O3/c19-13-5-4-12(17-13)14(20)16-11-6-8-18(9-7-11)15(21)10-2-1-3-10/h10-12H,1-9H2,(H,16,20)(H,17,19). The molecule has 6 nitrogen and oxygen atoms in total. The fourth-order valence-electron chi connectivity index (χ4n) is 3.27. The van der Waals surface area contributed by atoms with Gasteiger partial charge in [-0.2, -0.15) is 0 Å². The van der Waals surface area contributed by atoms with E-state index in [0.717, 1.165) is 38.8 Å². The second-order valence-electron chi connectivity index (χ2n) is 6.39. The number of rotatable bonds is 3. The lowest BCUT2D eigenvalue weighted by Gasteiger charge is -2.37. The summed E-state index contributed by atoms with van der Waals surface area (Å²) in [5, 5.41) is 5.69. The van der Waals surface area contributed by atoms with Crippen LogP contribution in [0.15, 0.2) is 0 Å². The first-order chi connectivity index (χ1) is 10.1. The van der Waals surface area contributed by atoms with Crippen molar-refractivity contribution in [2.45, 2.75) is 57.0 Å². The summed E-state index contributed by atoms with van der Waals surface area (Å²) in [4.78, 5) is 37.3. The maximum absolute atomic E-state index is 12.1. The van der Waals surface area contributed by atoms with Gasteiger partial charge in [0.25, 0.3) is 0 Å². The van der Waals surface area contributed by atoms with E-state index in [-0.39, 0.29) is 29.8 Å². The van der Waals surface area contributed by atoms with Crippen LogP contribution in [0.1, 0.15) is 44.9 Å². The van der Waals surface area contributed by atoms with Crippen molar-refractivity contribution < 1.29 is 14.4 Å². The molecule has 3 amide bonds. The van der Waals surface area contributed by atoms with Gasteiger partial charge in [-0.05, 0) is 32.1 Å². The predicted octanol–water partition coefficient (Wildman–Crippen LogP) is 0.172. The van der Waals surface area contributed by atoms with Crippen LogP contribution in [-0.2, 0) is 14.4 Å². The Kier molecular flexibility index (Phi) is 4.12. The maximum atomic E-state index is 12.1. The normalized spacial score (nSPS) is 27.1. The summed E-state index contributed by atoms with van der Waals surface area (Å²) in [5.41, 5.74) is 0. The van der Waals surface area contributed by atoms with Gasteiger partial charge in [-0.3, -0.25) is 14.4 Å². The Labute approximate surface area is 124 Å². The lowest BCUT2D eigenvalue weighted by Crippen LogP contribution is -2.51. The van der Waals surface area contributed by atoms with Crippen molar-refractivity contribution in [3.63, 3.8) is 0 Å². The SMILES string of the molecule is O=C1CCC(C(=O)NC2CCN(C(=O)C3CCC3)CC2)N1. The minimum atomic E-state index is -0.368. The van der Waals surface area contributed by atoms with Crippen LogP contribution in [-0.4, -0.2) is 47.8 Å². The van der Waals surface area contributed by atoms with E-state index >= 15 is 0 Å². The van der Waals surface area contributed by atoms with Crippen molar-refractivity contribution in [1.82, 2.24) is 15.5 Å². The molecule has 0 aromatic heterocycles. The van der Waals surface area contributed by atoms with Crippen LogP contribution in [0.4, 0.5) is 0 Å². The Morgan fingerprint density at radius 1 is 1.10 bits per heavy atom. The van der Waals surface area contributed by atoms with Gasteiger partial charge in [0.2, 0.25) is 17.7 Å². The lowest BCUT2D eigenvalue weighted by atomic mass is 9.84. The van der Waals surface area contributed by atoms with E-state index in [2.05, 4.69) is 10.6 Å². The van der Waals surface area contributed by atoms with E-state index in [1.54, 1.807) is 0 Å². The number of piperidine rings is 1. The van der Waals surface area contributed by atoms with Gasteiger partial charge >= 0.3 is 0 Å². The summed E-state index contributed by atoms with van der Waals surface area (Å²) in [6.45, 7) is 1.47. The summed E-state index contributed by atoms with van der Waals surface area (Å²) in [6, 6.07) is -0.243. The van der Waals surface area contributed by atoms with Crippen molar-refractivity contribution in [1.29, 1.82) is 0 Å². The first-order valence-corrected chi connectivity index (χ1v) is 8.02. The summed E-state index contributed by atoms with van der Waals surface area (Å²) in [7, 11) is 0. The molecule has 21 heavy (non-hydrogen) atoms. The molecular weight excluding hydrogens is 270 g/mol. The molecule has 3 fully saturated rings. The predicted molar refractivity (Wildman–Crippen MR) is 76.3 cm³/mol. The molecule has 0 aromatic rings. The number of carbonyl (C=O) groups excluding carboxylic acids is 3. The lowest BCUT2D eigenvalue weighted by molar-refractivity contribution is -0.139. The fourth-order valence-corrected chi connectivity index (χ4v) is 3.27. The molecule has 0 aromatic carbocycles. The van der Waals surface area contributed by atoms with Gasteiger partial charge in [0.15, 0.2) is 0 Å². The number of hydrogen-bond donors (Lipinski definition) is 2. The van der Waals surface area contributed by atoms with E-state index < -0.39 is 0 Å². The Balaban J connectivity index is 1.42. The molecule has 0 spiro atoms. The van der Waals surface area contributed by atoms with Gasteiger partial charge in [-0.25, -0.2) is 0 Å². The van der Waals surface area contributed by atoms with E-state index in [1.807, 2.05) is 4.90 Å². The molecule has 2 aliphatic heterocycles. The van der Waals surface area contributed by atoms with E-state index in [9.17, 15) is 14.4 Å². The van der Waals surface area contributed by atoms with Crippen molar-refractivity contribution in [3.8, 4) is 0 Å². The fraction of sp³-hybridized carbons (Fsp3) is 0.800. The first kappa shape index (κ1) is 14.4. The molecule has 1 saturated carbocycles. The van der Waals surface area contributed by atoms with Crippen LogP contribution < -0.4 is 10.6 Å². The summed E-state index contributed by atoms with van der Waals surface area (Å²) >= 11 is 0. The Morgan fingerprint density at radius 3 is 2.33 bits per heavy atom. The van der Waals surface area contributed by atoms with Crippen LogP contribution >= 0.6 is 0 Å². The molecule has 1 atom stereocenters. The van der Waals surface area contributed by atoms with E-state index in [4.69, 9.17) is 0 Å². The van der Waals surface area contributed by atoms with Crippen LogP contribution in [0.5, 0.6) is 0 Å². The summed E-state index contributed by atoms with van der Waals surface area (Å²) < 4.78 is 0. The van der Waals surface area contributed by atoms with E-state index in [1.165, 1.54) is 6.42 Å². The Hall–Kier alpha value is -1.59. The van der Waals surface area contributed by atoms with Crippen molar-refractivity contribution >= 4 is 17.7 Å². The number of amides is 3. The first-order valence-electron chi connectivity index (χ1n) is 8.02. The second-order valence-corrected chi connectivity index (χ2v) is 6.39. The molecule has 2 heterocycles. The largest absolute Gasteiger partial charge is 0.351 e. The Bertz CT molecular complexity index is 439. The zero-order chi connectivity index (χ0) is 14.8. The second kappa shape index (κ2) is 6.03. The number of likely N-dealkylation sites (tertiary alicyclic amines) is 1. The van der Waals surface area contributed by atoms with Crippen LogP contribution in [0.2, 0.25) is 0 Å². The molecule has 0 bridgehead atoms. The highest BCUT2D eigenvalue weighted by Gasteiger charge is 2.33. The third kappa shape index (κ3) is 3.19. The number of hydrogen-bond acceptors (Lipinski definition) is 3. The topological polar surface area (TPSA) is 78.5 Å². The number of nitrogens with one attached hydrogen (secondary N) is 2. The van der Waals surface area contributed by atoms with Crippen LogP contribution in [0.3, 0.4) is 0 Å². The van der Waals surface area contributed by atoms with Gasteiger partial charge in [0.05, 0.1) is 0 Å². The van der Waals surface area contributed by atoms with Crippen LogP contribution in [0, 0.1) is 5.92 Å². The van der Waals surface area contributed by atoms with Crippen molar-refractivity contribution in [3.05, 3.63) is 0 Å². The van der Waals surface area contributed by atoms with Gasteiger partial charge in [-0.15, -0.1) is 0 Å². The smallest absolute Gasteiger partial charge is 0.242 e. The zero-order valence-corrected chi connectivity index (χ0v) is 12.3. The zero-order valence-electron chi connectivity index (χ0n) is 12.3. The van der Waals surface area contributed by atoms with Gasteiger partial charge in [-0.1, -0.05) is 6.42 Å². The highest BCUT2D eigenvalue weighted by molar-refractivity contribution is 5.90. The minimum absolute atomic E-state index is 0.0453. The third-order valence-electron chi connectivity index (χ3n) is 4.92. The third-order valence-corrected chi connectivity index (χ3v) is 4.92. The molecule has 1 aliphatic carbocycles. The minimum Gasteiger partial charge on any atom is -0.351 e.